The Morgan fingerprint density at radius 3 is 2.58 bits per heavy atom. The van der Waals surface area contributed by atoms with Crippen LogP contribution in [0.15, 0.2) is 48.5 Å². The molecule has 122 valence electrons. The van der Waals surface area contributed by atoms with Crippen LogP contribution in [0.25, 0.3) is 11.4 Å². The topological polar surface area (TPSA) is 72.7 Å². The number of tetrazole rings is 1. The highest BCUT2D eigenvalue weighted by Gasteiger charge is 2.12. The predicted octanol–water partition coefficient (Wildman–Crippen LogP) is 1.93. The summed E-state index contributed by atoms with van der Waals surface area (Å²) in [5, 5.41) is 14.1. The number of rotatable bonds is 5. The second-order valence-corrected chi connectivity index (χ2v) is 5.03. The molecule has 0 aliphatic rings. The summed E-state index contributed by atoms with van der Waals surface area (Å²) in [7, 11) is 0. The SMILES string of the molecule is O=C(Cn1nnc(-c2ccccc2F)n1)NCc1ccc(F)cc1. The number of nitrogens with one attached hydrogen (secondary N) is 1. The normalized spacial score (nSPS) is 10.6. The minimum atomic E-state index is -0.460. The first-order valence-electron chi connectivity index (χ1n) is 7.15. The lowest BCUT2D eigenvalue weighted by Crippen LogP contribution is -2.28. The molecule has 0 bridgehead atoms. The molecule has 6 nitrogen and oxygen atoms in total. The molecule has 0 atom stereocenters. The average Bonchev–Trinajstić information content (AvgIpc) is 3.03. The third kappa shape index (κ3) is 3.78. The predicted molar refractivity (Wildman–Crippen MR) is 81.5 cm³/mol. The molecule has 0 fully saturated rings. The van der Waals surface area contributed by atoms with Crippen LogP contribution in [-0.2, 0) is 17.9 Å². The lowest BCUT2D eigenvalue weighted by molar-refractivity contribution is -0.122. The molecule has 3 rings (SSSR count). The second kappa shape index (κ2) is 6.95. The van der Waals surface area contributed by atoms with Gasteiger partial charge in [0, 0.05) is 6.54 Å². The van der Waals surface area contributed by atoms with Crippen molar-refractivity contribution in [1.82, 2.24) is 25.5 Å². The van der Waals surface area contributed by atoms with Crippen LogP contribution in [0, 0.1) is 11.6 Å². The van der Waals surface area contributed by atoms with E-state index in [1.165, 1.54) is 24.3 Å². The van der Waals surface area contributed by atoms with Gasteiger partial charge in [0.25, 0.3) is 0 Å². The highest BCUT2D eigenvalue weighted by Crippen LogP contribution is 2.16. The summed E-state index contributed by atoms with van der Waals surface area (Å²) in [6.07, 6.45) is 0. The van der Waals surface area contributed by atoms with Gasteiger partial charge in [-0.05, 0) is 35.0 Å². The van der Waals surface area contributed by atoms with Gasteiger partial charge < -0.3 is 5.32 Å². The molecule has 24 heavy (non-hydrogen) atoms. The first kappa shape index (κ1) is 15.7. The number of carbonyl (C=O) groups is 1. The van der Waals surface area contributed by atoms with Crippen LogP contribution in [0.5, 0.6) is 0 Å². The highest BCUT2D eigenvalue weighted by atomic mass is 19.1. The van der Waals surface area contributed by atoms with Gasteiger partial charge in [0.15, 0.2) is 0 Å². The molecule has 8 heteroatoms. The summed E-state index contributed by atoms with van der Waals surface area (Å²) in [5.41, 5.74) is 0.985. The lowest BCUT2D eigenvalue weighted by atomic mass is 10.2. The van der Waals surface area contributed by atoms with Crippen molar-refractivity contribution in [2.24, 2.45) is 0 Å². The molecule has 1 N–H and O–H groups in total. The van der Waals surface area contributed by atoms with Gasteiger partial charge in [-0.1, -0.05) is 24.3 Å². The largest absolute Gasteiger partial charge is 0.350 e. The third-order valence-electron chi connectivity index (χ3n) is 3.26. The molecule has 0 spiro atoms. The minimum Gasteiger partial charge on any atom is -0.350 e. The minimum absolute atomic E-state index is 0.111. The molecule has 1 amide bonds. The molecule has 1 aromatic heterocycles. The van der Waals surface area contributed by atoms with Gasteiger partial charge in [0.2, 0.25) is 11.7 Å². The van der Waals surface area contributed by atoms with Crippen LogP contribution in [0.1, 0.15) is 5.56 Å². The summed E-state index contributed by atoms with van der Waals surface area (Å²) in [4.78, 5) is 13.0. The number of carbonyl (C=O) groups excluding carboxylic acids is 1. The van der Waals surface area contributed by atoms with E-state index in [1.54, 1.807) is 24.3 Å². The van der Waals surface area contributed by atoms with Crippen molar-refractivity contribution >= 4 is 5.91 Å². The van der Waals surface area contributed by atoms with Gasteiger partial charge in [-0.15, -0.1) is 10.2 Å². The molecule has 1 heterocycles. The third-order valence-corrected chi connectivity index (χ3v) is 3.26. The van der Waals surface area contributed by atoms with E-state index in [0.717, 1.165) is 10.4 Å². The van der Waals surface area contributed by atoms with Crippen LogP contribution < -0.4 is 5.32 Å². The smallest absolute Gasteiger partial charge is 0.243 e. The summed E-state index contributed by atoms with van der Waals surface area (Å²) in [5.74, 6) is -1.02. The molecule has 0 aliphatic carbocycles. The monoisotopic (exact) mass is 329 g/mol. The van der Waals surface area contributed by atoms with Crippen molar-refractivity contribution in [3.05, 3.63) is 65.7 Å². The van der Waals surface area contributed by atoms with E-state index in [4.69, 9.17) is 0 Å². The van der Waals surface area contributed by atoms with Crippen molar-refractivity contribution in [3.8, 4) is 11.4 Å². The number of amides is 1. The van der Waals surface area contributed by atoms with Crippen molar-refractivity contribution in [2.75, 3.05) is 0 Å². The van der Waals surface area contributed by atoms with Gasteiger partial charge >= 0.3 is 0 Å². The van der Waals surface area contributed by atoms with Crippen molar-refractivity contribution in [3.63, 3.8) is 0 Å². The number of halogens is 2. The Balaban J connectivity index is 1.59. The first-order valence-corrected chi connectivity index (χ1v) is 7.15. The quantitative estimate of drug-likeness (QED) is 0.776. The summed E-state index contributed by atoms with van der Waals surface area (Å²) >= 11 is 0. The fourth-order valence-electron chi connectivity index (χ4n) is 2.05. The van der Waals surface area contributed by atoms with Crippen molar-refractivity contribution in [2.45, 2.75) is 13.1 Å². The molecule has 0 radical (unpaired) electrons. The Hall–Kier alpha value is -3.16. The van der Waals surface area contributed by atoms with E-state index in [9.17, 15) is 13.6 Å². The number of hydrogen-bond donors (Lipinski definition) is 1. The van der Waals surface area contributed by atoms with E-state index in [1.807, 2.05) is 0 Å². The van der Waals surface area contributed by atoms with Crippen LogP contribution in [0.4, 0.5) is 8.78 Å². The van der Waals surface area contributed by atoms with Gasteiger partial charge in [0.05, 0.1) is 5.56 Å². The fourth-order valence-corrected chi connectivity index (χ4v) is 2.05. The summed E-state index contributed by atoms with van der Waals surface area (Å²) in [6.45, 7) is 0.108. The van der Waals surface area contributed by atoms with E-state index in [2.05, 4.69) is 20.7 Å². The Morgan fingerprint density at radius 2 is 1.83 bits per heavy atom. The Morgan fingerprint density at radius 1 is 1.08 bits per heavy atom. The number of aromatic nitrogens is 4. The van der Waals surface area contributed by atoms with Crippen LogP contribution in [-0.4, -0.2) is 26.1 Å². The van der Waals surface area contributed by atoms with E-state index < -0.39 is 5.82 Å². The second-order valence-electron chi connectivity index (χ2n) is 5.03. The van der Waals surface area contributed by atoms with Crippen molar-refractivity contribution < 1.29 is 13.6 Å². The van der Waals surface area contributed by atoms with E-state index in [-0.39, 0.29) is 36.2 Å². The molecule has 3 aromatic rings. The van der Waals surface area contributed by atoms with Crippen molar-refractivity contribution in [1.29, 1.82) is 0 Å². The molecular weight excluding hydrogens is 316 g/mol. The Bertz CT molecular complexity index is 848. The number of hydrogen-bond acceptors (Lipinski definition) is 4. The first-order chi connectivity index (χ1) is 11.6. The van der Waals surface area contributed by atoms with Gasteiger partial charge in [0.1, 0.15) is 18.2 Å². The van der Waals surface area contributed by atoms with Crippen LogP contribution >= 0.6 is 0 Å². The van der Waals surface area contributed by atoms with Gasteiger partial charge in [-0.2, -0.15) is 4.80 Å². The maximum Gasteiger partial charge on any atom is 0.243 e. The maximum absolute atomic E-state index is 13.7. The van der Waals surface area contributed by atoms with Crippen LogP contribution in [0.2, 0.25) is 0 Å². The molecule has 0 aliphatic heterocycles. The van der Waals surface area contributed by atoms with Crippen LogP contribution in [0.3, 0.4) is 0 Å². The summed E-state index contributed by atoms with van der Waals surface area (Å²) < 4.78 is 26.5. The zero-order valence-electron chi connectivity index (χ0n) is 12.5. The molecule has 2 aromatic carbocycles. The van der Waals surface area contributed by atoms with Gasteiger partial charge in [-0.25, -0.2) is 8.78 Å². The standard InChI is InChI=1S/C16H13F2N5O/c17-12-7-5-11(6-8-12)9-19-15(24)10-23-21-16(20-22-23)13-3-1-2-4-14(13)18/h1-8H,9-10H2,(H,19,24). The highest BCUT2D eigenvalue weighted by molar-refractivity contribution is 5.75. The van der Waals surface area contributed by atoms with E-state index in [0.29, 0.717) is 0 Å². The molecule has 0 unspecified atom stereocenters. The summed E-state index contributed by atoms with van der Waals surface area (Å²) in [6, 6.07) is 11.9. The zero-order valence-corrected chi connectivity index (χ0v) is 12.5. The zero-order chi connectivity index (χ0) is 16.9. The maximum atomic E-state index is 13.7. The fraction of sp³-hybridized carbons (Fsp3) is 0.125. The average molecular weight is 329 g/mol. The lowest BCUT2D eigenvalue weighted by Gasteiger charge is -2.04. The number of nitrogens with zero attached hydrogens (tertiary/aromatic N) is 4. The Kier molecular flexibility index (Phi) is 4.55. The molecule has 0 saturated heterocycles. The van der Waals surface area contributed by atoms with E-state index >= 15 is 0 Å². The number of benzene rings is 2. The van der Waals surface area contributed by atoms with Gasteiger partial charge in [-0.3, -0.25) is 4.79 Å². The molecular formula is C16H13F2N5O. The molecule has 0 saturated carbocycles. The Labute approximate surface area is 136 Å².